The SMILES string of the molecule is C=C(C)C(=O)OCC(CCCC1CCC(O/C=C\Oc2ccc(CCCCC)cc2)CC1)CCOC(=O)C(=C)C=O. The van der Waals surface area contributed by atoms with Gasteiger partial charge in [-0.15, -0.1) is 0 Å². The van der Waals surface area contributed by atoms with Crippen LogP contribution in [0.5, 0.6) is 5.75 Å². The lowest BCUT2D eigenvalue weighted by atomic mass is 9.83. The molecule has 7 nitrogen and oxygen atoms in total. The van der Waals surface area contributed by atoms with Gasteiger partial charge in [-0.25, -0.2) is 9.59 Å². The molecule has 226 valence electrons. The number of hydrogen-bond acceptors (Lipinski definition) is 7. The van der Waals surface area contributed by atoms with Crippen molar-refractivity contribution in [2.45, 2.75) is 97.0 Å². The molecule has 0 spiro atoms. The largest absolute Gasteiger partial charge is 0.495 e. The summed E-state index contributed by atoms with van der Waals surface area (Å²) in [6, 6.07) is 8.26. The molecule has 7 heteroatoms. The molecule has 2 rings (SSSR count). The second-order valence-corrected chi connectivity index (χ2v) is 11.0. The van der Waals surface area contributed by atoms with Gasteiger partial charge in [-0.05, 0) is 87.8 Å². The molecule has 1 atom stereocenters. The van der Waals surface area contributed by atoms with E-state index in [1.54, 1.807) is 19.4 Å². The lowest BCUT2D eigenvalue weighted by Crippen LogP contribution is -2.21. The van der Waals surface area contributed by atoms with Crippen LogP contribution in [0.1, 0.15) is 90.0 Å². The van der Waals surface area contributed by atoms with Crippen LogP contribution in [0.3, 0.4) is 0 Å². The zero-order valence-corrected chi connectivity index (χ0v) is 24.9. The molecule has 0 saturated heterocycles. The number of rotatable bonds is 20. The number of benzene rings is 1. The van der Waals surface area contributed by atoms with Crippen LogP contribution in [0.25, 0.3) is 0 Å². The standard InChI is InChI=1S/C34H48O7/c1-5-6-7-9-28-12-16-31(17-13-28)38-22-23-39-32-18-14-29(15-19-32)10-8-11-30(25-41-33(36)26(2)3)20-21-40-34(37)27(4)24-35/h12-13,16-17,22-24,29-30,32H,2,4-11,14-15,18-21,25H2,1,3H3/b23-22-. The molecule has 1 aliphatic carbocycles. The van der Waals surface area contributed by atoms with Crippen LogP contribution in [0.2, 0.25) is 0 Å². The smallest absolute Gasteiger partial charge is 0.340 e. The summed E-state index contributed by atoms with van der Waals surface area (Å²) >= 11 is 0. The number of unbranched alkanes of at least 4 members (excludes halogenated alkanes) is 2. The molecule has 0 bridgehead atoms. The van der Waals surface area contributed by atoms with Gasteiger partial charge in [0.25, 0.3) is 0 Å². The molecule has 0 radical (unpaired) electrons. The Morgan fingerprint density at radius 3 is 2.34 bits per heavy atom. The van der Waals surface area contributed by atoms with E-state index in [0.29, 0.717) is 24.2 Å². The maximum Gasteiger partial charge on any atom is 0.340 e. The first-order valence-corrected chi connectivity index (χ1v) is 15.0. The quantitative estimate of drug-likeness (QED) is 0.0307. The molecular formula is C34H48O7. The maximum absolute atomic E-state index is 11.8. The molecule has 41 heavy (non-hydrogen) atoms. The highest BCUT2D eigenvalue weighted by Crippen LogP contribution is 2.31. The number of esters is 2. The molecule has 0 amide bonds. The van der Waals surface area contributed by atoms with Crippen LogP contribution in [-0.2, 0) is 35.0 Å². The molecular weight excluding hydrogens is 520 g/mol. The van der Waals surface area contributed by atoms with Crippen LogP contribution < -0.4 is 4.74 Å². The fraction of sp³-hybridized carbons (Fsp3) is 0.559. The highest BCUT2D eigenvalue weighted by atomic mass is 16.5. The van der Waals surface area contributed by atoms with Crippen molar-refractivity contribution in [2.24, 2.45) is 11.8 Å². The van der Waals surface area contributed by atoms with Crippen molar-refractivity contribution in [1.82, 2.24) is 0 Å². The van der Waals surface area contributed by atoms with Crippen molar-refractivity contribution in [1.29, 1.82) is 0 Å². The van der Waals surface area contributed by atoms with Crippen LogP contribution >= 0.6 is 0 Å². The van der Waals surface area contributed by atoms with Crippen molar-refractivity contribution in [3.63, 3.8) is 0 Å². The van der Waals surface area contributed by atoms with Crippen LogP contribution in [0.4, 0.5) is 0 Å². The number of aldehydes is 1. The van der Waals surface area contributed by atoms with Gasteiger partial charge in [0.1, 0.15) is 18.3 Å². The second-order valence-electron chi connectivity index (χ2n) is 11.0. The van der Waals surface area contributed by atoms with E-state index < -0.39 is 11.9 Å². The summed E-state index contributed by atoms with van der Waals surface area (Å²) in [6.07, 6.45) is 16.4. The number of ether oxygens (including phenoxy) is 4. The highest BCUT2D eigenvalue weighted by Gasteiger charge is 2.22. The maximum atomic E-state index is 11.8. The van der Waals surface area contributed by atoms with Gasteiger partial charge in [0, 0.05) is 5.57 Å². The Bertz CT molecular complexity index is 987. The molecule has 1 unspecified atom stereocenters. The predicted molar refractivity (Wildman–Crippen MR) is 160 cm³/mol. The van der Waals surface area contributed by atoms with Crippen LogP contribution in [0.15, 0.2) is 61.1 Å². The third kappa shape index (κ3) is 14.2. The van der Waals surface area contributed by atoms with Crippen molar-refractivity contribution < 1.29 is 33.3 Å². The highest BCUT2D eigenvalue weighted by molar-refractivity contribution is 6.06. The summed E-state index contributed by atoms with van der Waals surface area (Å²) in [7, 11) is 0. The Morgan fingerprint density at radius 1 is 0.951 bits per heavy atom. The van der Waals surface area contributed by atoms with E-state index in [2.05, 4.69) is 32.2 Å². The molecule has 1 aromatic carbocycles. The summed E-state index contributed by atoms with van der Waals surface area (Å²) in [5, 5.41) is 0. The van der Waals surface area contributed by atoms with Crippen molar-refractivity contribution in [2.75, 3.05) is 13.2 Å². The van der Waals surface area contributed by atoms with Crippen molar-refractivity contribution >= 4 is 18.2 Å². The van der Waals surface area contributed by atoms with Gasteiger partial charge in [0.2, 0.25) is 0 Å². The first kappa shape index (κ1) is 33.9. The minimum absolute atomic E-state index is 0.0534. The Labute approximate surface area is 246 Å². The van der Waals surface area contributed by atoms with Gasteiger partial charge in [-0.1, -0.05) is 57.9 Å². The molecule has 1 saturated carbocycles. The molecule has 0 N–H and O–H groups in total. The van der Waals surface area contributed by atoms with Crippen LogP contribution in [-0.4, -0.2) is 37.5 Å². The molecule has 1 fully saturated rings. The normalized spacial score (nSPS) is 17.4. The first-order valence-electron chi connectivity index (χ1n) is 15.0. The first-order chi connectivity index (χ1) is 19.8. The Balaban J connectivity index is 1.66. The summed E-state index contributed by atoms with van der Waals surface area (Å²) in [5.41, 5.74) is 1.48. The molecule has 0 aliphatic heterocycles. The number of hydrogen-bond donors (Lipinski definition) is 0. The lowest BCUT2D eigenvalue weighted by Gasteiger charge is -2.28. The summed E-state index contributed by atoms with van der Waals surface area (Å²) < 4.78 is 22.1. The number of carbonyl (C=O) groups is 3. The van der Waals surface area contributed by atoms with Crippen molar-refractivity contribution in [3.05, 3.63) is 66.7 Å². The van der Waals surface area contributed by atoms with E-state index in [1.807, 2.05) is 12.1 Å². The van der Waals surface area contributed by atoms with E-state index >= 15 is 0 Å². The monoisotopic (exact) mass is 568 g/mol. The van der Waals surface area contributed by atoms with E-state index in [1.165, 1.54) is 24.8 Å². The molecule has 0 heterocycles. The second kappa shape index (κ2) is 19.7. The van der Waals surface area contributed by atoms with Gasteiger partial charge in [0.05, 0.1) is 24.9 Å². The van der Waals surface area contributed by atoms with Gasteiger partial charge in [-0.3, -0.25) is 4.79 Å². The van der Waals surface area contributed by atoms with Crippen molar-refractivity contribution in [3.8, 4) is 5.75 Å². The van der Waals surface area contributed by atoms with Gasteiger partial charge in [-0.2, -0.15) is 0 Å². The van der Waals surface area contributed by atoms with E-state index in [9.17, 15) is 14.4 Å². The van der Waals surface area contributed by atoms with Gasteiger partial charge >= 0.3 is 11.9 Å². The Kier molecular flexibility index (Phi) is 16.3. The fourth-order valence-corrected chi connectivity index (χ4v) is 4.90. The zero-order chi connectivity index (χ0) is 29.9. The third-order valence-electron chi connectivity index (χ3n) is 7.50. The average molecular weight is 569 g/mol. The molecule has 0 aromatic heterocycles. The summed E-state index contributed by atoms with van der Waals surface area (Å²) in [6.45, 7) is 11.2. The Morgan fingerprint density at radius 2 is 1.68 bits per heavy atom. The summed E-state index contributed by atoms with van der Waals surface area (Å²) in [4.78, 5) is 34.2. The number of aryl methyl sites for hydroxylation is 1. The fourth-order valence-electron chi connectivity index (χ4n) is 4.90. The lowest BCUT2D eigenvalue weighted by molar-refractivity contribution is -0.143. The van der Waals surface area contributed by atoms with Gasteiger partial charge < -0.3 is 18.9 Å². The summed E-state index contributed by atoms with van der Waals surface area (Å²) in [5.74, 6) is 0.362. The predicted octanol–water partition coefficient (Wildman–Crippen LogP) is 7.44. The van der Waals surface area contributed by atoms with E-state index in [4.69, 9.17) is 18.9 Å². The van der Waals surface area contributed by atoms with Gasteiger partial charge in [0.15, 0.2) is 6.29 Å². The zero-order valence-electron chi connectivity index (χ0n) is 24.9. The third-order valence-corrected chi connectivity index (χ3v) is 7.50. The topological polar surface area (TPSA) is 88.1 Å². The number of carbonyl (C=O) groups excluding carboxylic acids is 3. The average Bonchev–Trinajstić information content (AvgIpc) is 2.98. The van der Waals surface area contributed by atoms with Crippen LogP contribution in [0, 0.1) is 11.8 Å². The Hall–Kier alpha value is -3.35. The minimum atomic E-state index is -0.718. The molecule has 1 aromatic rings. The van der Waals surface area contributed by atoms with E-state index in [0.717, 1.165) is 57.1 Å². The van der Waals surface area contributed by atoms with E-state index in [-0.39, 0.29) is 30.8 Å². The molecule has 1 aliphatic rings. The minimum Gasteiger partial charge on any atom is -0.495 e.